The molecule has 0 bridgehead atoms. The summed E-state index contributed by atoms with van der Waals surface area (Å²) in [6.07, 6.45) is 8.69. The highest BCUT2D eigenvalue weighted by atomic mass is 16.5. The Morgan fingerprint density at radius 3 is 2.37 bits per heavy atom. The first-order chi connectivity index (χ1) is 9.26. The molecule has 1 N–H and O–H groups in total. The van der Waals surface area contributed by atoms with Crippen LogP contribution in [-0.4, -0.2) is 18.6 Å². The number of nitrogens with one attached hydrogen (secondary N) is 1. The zero-order chi connectivity index (χ0) is 14.1. The third-order valence-electron chi connectivity index (χ3n) is 3.54. The molecule has 19 heavy (non-hydrogen) atoms. The minimum Gasteiger partial charge on any atom is -0.495 e. The number of hydrogen-bond donors (Lipinski definition) is 1. The summed E-state index contributed by atoms with van der Waals surface area (Å²) in [6, 6.07) is 2.49. The van der Waals surface area contributed by atoms with E-state index in [1.165, 1.54) is 31.2 Å². The number of rotatable bonds is 9. The highest BCUT2D eigenvalue weighted by Gasteiger charge is 2.21. The molecule has 1 aromatic heterocycles. The number of hydrogen-bond acceptors (Lipinski definition) is 3. The fourth-order valence-corrected chi connectivity index (χ4v) is 2.71. The van der Waals surface area contributed by atoms with E-state index >= 15 is 0 Å². The van der Waals surface area contributed by atoms with E-state index in [4.69, 9.17) is 4.74 Å². The Morgan fingerprint density at radius 2 is 1.84 bits per heavy atom. The molecule has 1 atom stereocenters. The molecule has 1 unspecified atom stereocenters. The lowest BCUT2D eigenvalue weighted by Gasteiger charge is -2.28. The first-order valence-electron chi connectivity index (χ1n) is 7.49. The standard InChI is InChI=1S/C16H28N2O/c1-5-8-13(9-6-2)16(18-7-3)14-10-15(19-4)12-17-11-14/h10-13,16,18H,5-9H2,1-4H3. The molecule has 0 aromatic carbocycles. The lowest BCUT2D eigenvalue weighted by atomic mass is 9.86. The Hall–Kier alpha value is -1.09. The first-order valence-corrected chi connectivity index (χ1v) is 7.49. The SMILES string of the molecule is CCCC(CCC)C(NCC)c1cncc(OC)c1. The van der Waals surface area contributed by atoms with Crippen molar-refractivity contribution >= 4 is 0 Å². The van der Waals surface area contributed by atoms with Crippen molar-refractivity contribution < 1.29 is 4.74 Å². The monoisotopic (exact) mass is 264 g/mol. The molecule has 1 rings (SSSR count). The summed E-state index contributed by atoms with van der Waals surface area (Å²) < 4.78 is 5.29. The zero-order valence-electron chi connectivity index (χ0n) is 12.8. The van der Waals surface area contributed by atoms with Crippen LogP contribution in [0.5, 0.6) is 5.75 Å². The first kappa shape index (κ1) is 16.0. The number of methoxy groups -OCH3 is 1. The van der Waals surface area contributed by atoms with E-state index in [9.17, 15) is 0 Å². The van der Waals surface area contributed by atoms with Crippen LogP contribution in [0.1, 0.15) is 58.1 Å². The van der Waals surface area contributed by atoms with Gasteiger partial charge in [-0.15, -0.1) is 0 Å². The quantitative estimate of drug-likeness (QED) is 0.733. The van der Waals surface area contributed by atoms with Crippen LogP contribution in [0.2, 0.25) is 0 Å². The van der Waals surface area contributed by atoms with E-state index in [1.54, 1.807) is 13.3 Å². The molecule has 3 heteroatoms. The zero-order valence-corrected chi connectivity index (χ0v) is 12.8. The van der Waals surface area contributed by atoms with Crippen molar-refractivity contribution in [1.29, 1.82) is 0 Å². The molecule has 0 fully saturated rings. The Labute approximate surface area is 117 Å². The fourth-order valence-electron chi connectivity index (χ4n) is 2.71. The predicted molar refractivity (Wildman–Crippen MR) is 80.5 cm³/mol. The van der Waals surface area contributed by atoms with Gasteiger partial charge >= 0.3 is 0 Å². The molecule has 0 amide bonds. The summed E-state index contributed by atoms with van der Waals surface area (Å²) in [5.41, 5.74) is 1.24. The second-order valence-corrected chi connectivity index (χ2v) is 5.03. The Kier molecular flexibility index (Phi) is 7.49. The molecule has 108 valence electrons. The van der Waals surface area contributed by atoms with Crippen molar-refractivity contribution in [1.82, 2.24) is 10.3 Å². The predicted octanol–water partition coefficient (Wildman–Crippen LogP) is 3.96. The Balaban J connectivity index is 2.94. The Bertz CT molecular complexity index is 348. The van der Waals surface area contributed by atoms with Crippen LogP contribution in [0.15, 0.2) is 18.5 Å². The van der Waals surface area contributed by atoms with Gasteiger partial charge in [-0.1, -0.05) is 33.6 Å². The van der Waals surface area contributed by atoms with E-state index in [0.29, 0.717) is 12.0 Å². The molecule has 0 aliphatic carbocycles. The van der Waals surface area contributed by atoms with Gasteiger partial charge in [-0.3, -0.25) is 4.98 Å². The van der Waals surface area contributed by atoms with Gasteiger partial charge in [0.2, 0.25) is 0 Å². The van der Waals surface area contributed by atoms with E-state index < -0.39 is 0 Å². The maximum absolute atomic E-state index is 5.29. The lowest BCUT2D eigenvalue weighted by Crippen LogP contribution is -2.28. The van der Waals surface area contributed by atoms with Gasteiger partial charge in [-0.05, 0) is 36.9 Å². The molecular weight excluding hydrogens is 236 g/mol. The molecule has 0 radical (unpaired) electrons. The molecule has 1 aromatic rings. The van der Waals surface area contributed by atoms with Crippen LogP contribution >= 0.6 is 0 Å². The lowest BCUT2D eigenvalue weighted by molar-refractivity contribution is 0.318. The second kappa shape index (κ2) is 8.92. The maximum Gasteiger partial charge on any atom is 0.137 e. The summed E-state index contributed by atoms with van der Waals surface area (Å²) >= 11 is 0. The molecule has 3 nitrogen and oxygen atoms in total. The van der Waals surface area contributed by atoms with Gasteiger partial charge in [0.25, 0.3) is 0 Å². The van der Waals surface area contributed by atoms with Crippen molar-refractivity contribution in [2.75, 3.05) is 13.7 Å². The van der Waals surface area contributed by atoms with Gasteiger partial charge in [-0.25, -0.2) is 0 Å². The van der Waals surface area contributed by atoms with Gasteiger partial charge in [-0.2, -0.15) is 0 Å². The minimum absolute atomic E-state index is 0.382. The van der Waals surface area contributed by atoms with Crippen molar-refractivity contribution in [3.8, 4) is 5.75 Å². The van der Waals surface area contributed by atoms with E-state index in [2.05, 4.69) is 37.1 Å². The topological polar surface area (TPSA) is 34.2 Å². The summed E-state index contributed by atoms with van der Waals surface area (Å²) in [5.74, 6) is 1.51. The van der Waals surface area contributed by atoms with Crippen molar-refractivity contribution in [3.63, 3.8) is 0 Å². The van der Waals surface area contributed by atoms with Crippen LogP contribution < -0.4 is 10.1 Å². The van der Waals surface area contributed by atoms with Crippen LogP contribution in [0, 0.1) is 5.92 Å². The smallest absolute Gasteiger partial charge is 0.137 e. The van der Waals surface area contributed by atoms with Gasteiger partial charge in [0.05, 0.1) is 13.3 Å². The third-order valence-corrected chi connectivity index (χ3v) is 3.54. The highest BCUT2D eigenvalue weighted by molar-refractivity contribution is 5.26. The number of nitrogens with zero attached hydrogens (tertiary/aromatic N) is 1. The van der Waals surface area contributed by atoms with Gasteiger partial charge in [0.15, 0.2) is 0 Å². The Morgan fingerprint density at radius 1 is 1.16 bits per heavy atom. The van der Waals surface area contributed by atoms with E-state index in [-0.39, 0.29) is 0 Å². The molecule has 0 saturated heterocycles. The third kappa shape index (κ3) is 4.83. The normalized spacial score (nSPS) is 12.7. The average molecular weight is 264 g/mol. The maximum atomic E-state index is 5.29. The van der Waals surface area contributed by atoms with Crippen molar-refractivity contribution in [2.24, 2.45) is 5.92 Å². The highest BCUT2D eigenvalue weighted by Crippen LogP contribution is 2.30. The number of aromatic nitrogens is 1. The molecule has 0 spiro atoms. The summed E-state index contributed by atoms with van der Waals surface area (Å²) in [5, 5.41) is 3.62. The van der Waals surface area contributed by atoms with Crippen LogP contribution in [-0.2, 0) is 0 Å². The number of pyridine rings is 1. The molecule has 1 heterocycles. The van der Waals surface area contributed by atoms with Gasteiger partial charge in [0.1, 0.15) is 5.75 Å². The van der Waals surface area contributed by atoms with Crippen molar-refractivity contribution in [3.05, 3.63) is 24.0 Å². The molecular formula is C16H28N2O. The molecule has 0 aliphatic heterocycles. The average Bonchev–Trinajstić information content (AvgIpc) is 2.45. The summed E-state index contributed by atoms with van der Waals surface area (Å²) in [6.45, 7) is 7.66. The largest absolute Gasteiger partial charge is 0.495 e. The molecule has 0 saturated carbocycles. The summed E-state index contributed by atoms with van der Waals surface area (Å²) in [7, 11) is 1.69. The molecule has 0 aliphatic rings. The van der Waals surface area contributed by atoms with Crippen LogP contribution in [0.25, 0.3) is 0 Å². The van der Waals surface area contributed by atoms with E-state index in [0.717, 1.165) is 12.3 Å². The van der Waals surface area contributed by atoms with E-state index in [1.807, 2.05) is 6.20 Å². The van der Waals surface area contributed by atoms with Crippen molar-refractivity contribution in [2.45, 2.75) is 52.5 Å². The second-order valence-electron chi connectivity index (χ2n) is 5.03. The van der Waals surface area contributed by atoms with Gasteiger partial charge < -0.3 is 10.1 Å². The summed E-state index contributed by atoms with van der Waals surface area (Å²) in [4.78, 5) is 4.30. The minimum atomic E-state index is 0.382. The fraction of sp³-hybridized carbons (Fsp3) is 0.688. The van der Waals surface area contributed by atoms with Gasteiger partial charge in [0, 0.05) is 12.2 Å². The number of ether oxygens (including phenoxy) is 1. The van der Waals surface area contributed by atoms with Crippen LogP contribution in [0.4, 0.5) is 0 Å². The van der Waals surface area contributed by atoms with Crippen LogP contribution in [0.3, 0.4) is 0 Å².